The van der Waals surface area contributed by atoms with E-state index < -0.39 is 0 Å². The molecule has 3 heterocycles. The Labute approximate surface area is 126 Å². The van der Waals surface area contributed by atoms with E-state index in [1.54, 1.807) is 0 Å². The molecule has 1 aromatic rings. The fourth-order valence-corrected chi connectivity index (χ4v) is 4.21. The van der Waals surface area contributed by atoms with E-state index in [0.29, 0.717) is 18.2 Å². The Hall–Kier alpha value is -0.420. The van der Waals surface area contributed by atoms with E-state index in [2.05, 4.69) is 36.2 Å². The molecule has 0 spiro atoms. The maximum absolute atomic E-state index is 6.00. The van der Waals surface area contributed by atoms with Gasteiger partial charge in [0.15, 0.2) is 0 Å². The number of ether oxygens (including phenoxy) is 1. The van der Waals surface area contributed by atoms with Crippen molar-refractivity contribution in [3.8, 4) is 0 Å². The van der Waals surface area contributed by atoms with E-state index in [1.165, 1.54) is 29.1 Å². The SMILES string of the molecule is CCc1ccc(C(C)NCC2CN3CCCC3CO2)s1. The number of fused-ring (bicyclic) bond motifs is 1. The average molecular weight is 294 g/mol. The Morgan fingerprint density at radius 2 is 2.40 bits per heavy atom. The first kappa shape index (κ1) is 14.5. The summed E-state index contributed by atoms with van der Waals surface area (Å²) < 4.78 is 6.00. The molecule has 2 fully saturated rings. The molecule has 0 bridgehead atoms. The molecule has 0 aromatic carbocycles. The van der Waals surface area contributed by atoms with Crippen LogP contribution in [0.15, 0.2) is 12.1 Å². The number of morpholine rings is 1. The van der Waals surface area contributed by atoms with Gasteiger partial charge >= 0.3 is 0 Å². The van der Waals surface area contributed by atoms with Crippen LogP contribution in [0, 0.1) is 0 Å². The number of hydrogen-bond acceptors (Lipinski definition) is 4. The Balaban J connectivity index is 1.46. The van der Waals surface area contributed by atoms with Gasteiger partial charge in [-0.25, -0.2) is 0 Å². The molecule has 1 aromatic heterocycles. The van der Waals surface area contributed by atoms with Gasteiger partial charge in [-0.05, 0) is 44.9 Å². The number of thiophene rings is 1. The minimum Gasteiger partial charge on any atom is -0.374 e. The third-order valence-electron chi connectivity index (χ3n) is 4.57. The Morgan fingerprint density at radius 3 is 3.20 bits per heavy atom. The van der Waals surface area contributed by atoms with E-state index in [9.17, 15) is 0 Å². The second-order valence-corrected chi connectivity index (χ2v) is 7.23. The predicted octanol–water partition coefficient (Wildman–Crippen LogP) is 2.82. The highest BCUT2D eigenvalue weighted by Crippen LogP contribution is 2.25. The van der Waals surface area contributed by atoms with Crippen molar-refractivity contribution >= 4 is 11.3 Å². The summed E-state index contributed by atoms with van der Waals surface area (Å²) >= 11 is 1.93. The maximum atomic E-state index is 6.00. The number of nitrogens with one attached hydrogen (secondary N) is 1. The zero-order chi connectivity index (χ0) is 13.9. The monoisotopic (exact) mass is 294 g/mol. The van der Waals surface area contributed by atoms with Gasteiger partial charge in [-0.15, -0.1) is 11.3 Å². The normalized spacial score (nSPS) is 28.5. The molecule has 112 valence electrons. The summed E-state index contributed by atoms with van der Waals surface area (Å²) in [7, 11) is 0. The summed E-state index contributed by atoms with van der Waals surface area (Å²) in [6, 6.07) is 5.65. The fraction of sp³-hybridized carbons (Fsp3) is 0.750. The topological polar surface area (TPSA) is 24.5 Å². The van der Waals surface area contributed by atoms with Crippen molar-refractivity contribution in [1.82, 2.24) is 10.2 Å². The van der Waals surface area contributed by atoms with Crippen molar-refractivity contribution in [2.75, 3.05) is 26.2 Å². The first-order valence-electron chi connectivity index (χ1n) is 7.94. The first-order valence-corrected chi connectivity index (χ1v) is 8.75. The number of aryl methyl sites for hydroxylation is 1. The second-order valence-electron chi connectivity index (χ2n) is 6.03. The summed E-state index contributed by atoms with van der Waals surface area (Å²) in [4.78, 5) is 5.53. The van der Waals surface area contributed by atoms with Crippen molar-refractivity contribution in [2.45, 2.75) is 51.3 Å². The van der Waals surface area contributed by atoms with E-state index in [0.717, 1.165) is 26.1 Å². The van der Waals surface area contributed by atoms with Gasteiger partial charge in [-0.1, -0.05) is 6.92 Å². The Morgan fingerprint density at radius 1 is 1.50 bits per heavy atom. The van der Waals surface area contributed by atoms with Crippen LogP contribution < -0.4 is 5.32 Å². The Bertz CT molecular complexity index is 434. The lowest BCUT2D eigenvalue weighted by atomic mass is 10.2. The van der Waals surface area contributed by atoms with Crippen molar-refractivity contribution in [3.63, 3.8) is 0 Å². The van der Waals surface area contributed by atoms with Crippen LogP contribution in [0.2, 0.25) is 0 Å². The number of rotatable bonds is 5. The number of hydrogen-bond donors (Lipinski definition) is 1. The van der Waals surface area contributed by atoms with Crippen LogP contribution in [0.5, 0.6) is 0 Å². The minimum atomic E-state index is 0.359. The molecular formula is C16H26N2OS. The average Bonchev–Trinajstić information content (AvgIpc) is 3.12. The van der Waals surface area contributed by atoms with Crippen molar-refractivity contribution in [3.05, 3.63) is 21.9 Å². The van der Waals surface area contributed by atoms with Gasteiger partial charge in [0.05, 0.1) is 12.7 Å². The predicted molar refractivity (Wildman–Crippen MR) is 84.4 cm³/mol. The van der Waals surface area contributed by atoms with E-state index in [4.69, 9.17) is 4.74 Å². The largest absolute Gasteiger partial charge is 0.374 e. The molecule has 2 aliphatic rings. The van der Waals surface area contributed by atoms with Crippen LogP contribution in [-0.4, -0.2) is 43.3 Å². The van der Waals surface area contributed by atoms with Crippen molar-refractivity contribution in [1.29, 1.82) is 0 Å². The van der Waals surface area contributed by atoms with Crippen LogP contribution in [0.3, 0.4) is 0 Å². The van der Waals surface area contributed by atoms with Crippen LogP contribution in [0.1, 0.15) is 42.5 Å². The summed E-state index contributed by atoms with van der Waals surface area (Å²) in [6.45, 7) is 8.74. The standard InChI is InChI=1S/C16H26N2OS/c1-3-15-6-7-16(20-15)12(2)17-9-14-10-18-8-4-5-13(18)11-19-14/h6-7,12-14,17H,3-5,8-11H2,1-2H3. The highest BCUT2D eigenvalue weighted by atomic mass is 32.1. The molecule has 2 aliphatic heterocycles. The van der Waals surface area contributed by atoms with E-state index in [1.807, 2.05) is 11.3 Å². The lowest BCUT2D eigenvalue weighted by Gasteiger charge is -2.35. The van der Waals surface area contributed by atoms with Crippen molar-refractivity contribution in [2.24, 2.45) is 0 Å². The smallest absolute Gasteiger partial charge is 0.0827 e. The zero-order valence-corrected chi connectivity index (χ0v) is 13.4. The molecule has 3 unspecified atom stereocenters. The number of nitrogens with zero attached hydrogens (tertiary/aromatic N) is 1. The fourth-order valence-electron chi connectivity index (χ4n) is 3.24. The zero-order valence-electron chi connectivity index (χ0n) is 12.6. The van der Waals surface area contributed by atoms with Gasteiger partial charge in [-0.2, -0.15) is 0 Å². The molecule has 4 heteroatoms. The maximum Gasteiger partial charge on any atom is 0.0827 e. The van der Waals surface area contributed by atoms with E-state index in [-0.39, 0.29) is 0 Å². The van der Waals surface area contributed by atoms with Crippen LogP contribution >= 0.6 is 11.3 Å². The highest BCUT2D eigenvalue weighted by molar-refractivity contribution is 7.12. The van der Waals surface area contributed by atoms with Gasteiger partial charge in [-0.3, -0.25) is 4.90 Å². The lowest BCUT2D eigenvalue weighted by molar-refractivity contribution is -0.0477. The molecule has 0 radical (unpaired) electrons. The van der Waals surface area contributed by atoms with Crippen molar-refractivity contribution < 1.29 is 4.74 Å². The molecule has 20 heavy (non-hydrogen) atoms. The van der Waals surface area contributed by atoms with Gasteiger partial charge in [0, 0.05) is 34.9 Å². The third kappa shape index (κ3) is 3.25. The van der Waals surface area contributed by atoms with Gasteiger partial charge < -0.3 is 10.1 Å². The molecule has 0 saturated carbocycles. The van der Waals surface area contributed by atoms with Gasteiger partial charge in [0.1, 0.15) is 0 Å². The van der Waals surface area contributed by atoms with Crippen LogP contribution in [-0.2, 0) is 11.2 Å². The second kappa shape index (κ2) is 6.56. The lowest BCUT2D eigenvalue weighted by Crippen LogP contribution is -2.49. The molecule has 3 atom stereocenters. The molecule has 3 nitrogen and oxygen atoms in total. The van der Waals surface area contributed by atoms with Crippen LogP contribution in [0.4, 0.5) is 0 Å². The Kier molecular flexibility index (Phi) is 4.76. The summed E-state index contributed by atoms with van der Waals surface area (Å²) in [5.41, 5.74) is 0. The molecule has 0 aliphatic carbocycles. The van der Waals surface area contributed by atoms with Gasteiger partial charge in [0.2, 0.25) is 0 Å². The molecule has 3 rings (SSSR count). The summed E-state index contributed by atoms with van der Waals surface area (Å²) in [5, 5.41) is 3.64. The van der Waals surface area contributed by atoms with Gasteiger partial charge in [0.25, 0.3) is 0 Å². The van der Waals surface area contributed by atoms with E-state index >= 15 is 0 Å². The summed E-state index contributed by atoms with van der Waals surface area (Å²) in [6.07, 6.45) is 4.17. The highest BCUT2D eigenvalue weighted by Gasteiger charge is 2.32. The van der Waals surface area contributed by atoms with Crippen LogP contribution in [0.25, 0.3) is 0 Å². The molecule has 2 saturated heterocycles. The molecule has 1 N–H and O–H groups in total. The minimum absolute atomic E-state index is 0.359. The quantitative estimate of drug-likeness (QED) is 0.904. The first-order chi connectivity index (χ1) is 9.76. The summed E-state index contributed by atoms with van der Waals surface area (Å²) in [5.74, 6) is 0. The molecule has 0 amide bonds. The molecular weight excluding hydrogens is 268 g/mol. The third-order valence-corrected chi connectivity index (χ3v) is 5.98.